The minimum absolute atomic E-state index is 0.00850. The van der Waals surface area contributed by atoms with Crippen LogP contribution in [0.5, 0.6) is 0 Å². The molecule has 1 aliphatic carbocycles. The Morgan fingerprint density at radius 2 is 1.85 bits per heavy atom. The van der Waals surface area contributed by atoms with E-state index < -0.39 is 12.0 Å². The third-order valence-electron chi connectivity index (χ3n) is 4.87. The van der Waals surface area contributed by atoms with E-state index in [4.69, 9.17) is 5.11 Å². The van der Waals surface area contributed by atoms with Crippen LogP contribution < -0.4 is 5.32 Å². The molecule has 6 nitrogen and oxygen atoms in total. The lowest BCUT2D eigenvalue weighted by molar-refractivity contribution is -0.143. The molecule has 1 heterocycles. The van der Waals surface area contributed by atoms with Gasteiger partial charge < -0.3 is 15.3 Å². The molecule has 2 fully saturated rings. The Hall–Kier alpha value is -1.30. The summed E-state index contributed by atoms with van der Waals surface area (Å²) in [4.78, 5) is 26.9. The Labute approximate surface area is 120 Å². The quantitative estimate of drug-likeness (QED) is 0.811. The third-order valence-corrected chi connectivity index (χ3v) is 4.87. The lowest BCUT2D eigenvalue weighted by atomic mass is 9.75. The van der Waals surface area contributed by atoms with E-state index in [0.29, 0.717) is 26.2 Å². The van der Waals surface area contributed by atoms with Crippen LogP contribution in [0, 0.1) is 0 Å². The zero-order chi connectivity index (χ0) is 14.8. The highest BCUT2D eigenvalue weighted by Crippen LogP contribution is 2.34. The molecule has 114 valence electrons. The highest BCUT2D eigenvalue weighted by molar-refractivity contribution is 5.75. The summed E-state index contributed by atoms with van der Waals surface area (Å²) in [6, 6.07) is -0.469. The van der Waals surface area contributed by atoms with E-state index in [1.165, 1.54) is 6.42 Å². The number of nitrogens with one attached hydrogen (secondary N) is 1. The summed E-state index contributed by atoms with van der Waals surface area (Å²) in [6.45, 7) is 6.26. The van der Waals surface area contributed by atoms with E-state index in [0.717, 1.165) is 19.3 Å². The molecule has 1 atom stereocenters. The van der Waals surface area contributed by atoms with Crippen LogP contribution in [-0.4, -0.2) is 64.7 Å². The van der Waals surface area contributed by atoms with E-state index in [1.807, 2.05) is 4.90 Å². The zero-order valence-electron chi connectivity index (χ0n) is 12.4. The molecule has 0 bridgehead atoms. The summed E-state index contributed by atoms with van der Waals surface area (Å²) in [7, 11) is 0. The van der Waals surface area contributed by atoms with Crippen LogP contribution in [0.3, 0.4) is 0 Å². The van der Waals surface area contributed by atoms with Gasteiger partial charge in [-0.2, -0.15) is 0 Å². The topological polar surface area (TPSA) is 72.9 Å². The summed E-state index contributed by atoms with van der Waals surface area (Å²) < 4.78 is 0. The fraction of sp³-hybridized carbons (Fsp3) is 0.857. The van der Waals surface area contributed by atoms with Gasteiger partial charge in [-0.3, -0.25) is 9.69 Å². The van der Waals surface area contributed by atoms with Gasteiger partial charge in [0.15, 0.2) is 0 Å². The molecular formula is C14H25N3O3. The number of carboxylic acid groups (broad SMARTS) is 1. The summed E-state index contributed by atoms with van der Waals surface area (Å²) in [5.41, 5.74) is 0.0164. The van der Waals surface area contributed by atoms with E-state index in [9.17, 15) is 9.59 Å². The van der Waals surface area contributed by atoms with Crippen molar-refractivity contribution in [1.29, 1.82) is 0 Å². The predicted molar refractivity (Wildman–Crippen MR) is 75.6 cm³/mol. The molecule has 2 amide bonds. The Morgan fingerprint density at radius 1 is 1.25 bits per heavy atom. The van der Waals surface area contributed by atoms with Gasteiger partial charge in [0.25, 0.3) is 0 Å². The third kappa shape index (κ3) is 3.06. The molecular weight excluding hydrogens is 258 g/mol. The van der Waals surface area contributed by atoms with Gasteiger partial charge in [-0.25, -0.2) is 4.79 Å². The molecule has 20 heavy (non-hydrogen) atoms. The van der Waals surface area contributed by atoms with Gasteiger partial charge in [-0.15, -0.1) is 0 Å². The SMILES string of the molecule is CCC1(NC(=O)N2CCN(C(C)C(=O)O)CC2)CCC1. The van der Waals surface area contributed by atoms with Crippen LogP contribution >= 0.6 is 0 Å². The van der Waals surface area contributed by atoms with Gasteiger partial charge in [0.05, 0.1) is 0 Å². The van der Waals surface area contributed by atoms with Crippen molar-refractivity contribution in [2.45, 2.75) is 51.1 Å². The molecule has 2 rings (SSSR count). The van der Waals surface area contributed by atoms with E-state index >= 15 is 0 Å². The number of rotatable bonds is 4. The average Bonchev–Trinajstić information content (AvgIpc) is 2.42. The fourth-order valence-corrected chi connectivity index (χ4v) is 2.94. The highest BCUT2D eigenvalue weighted by Gasteiger charge is 2.38. The molecule has 1 unspecified atom stereocenters. The van der Waals surface area contributed by atoms with Crippen LogP contribution in [0.15, 0.2) is 0 Å². The second-order valence-electron chi connectivity index (χ2n) is 5.95. The normalized spacial score (nSPS) is 23.8. The van der Waals surface area contributed by atoms with Crippen LogP contribution in [0.4, 0.5) is 4.79 Å². The predicted octanol–water partition coefficient (Wildman–Crippen LogP) is 1.12. The van der Waals surface area contributed by atoms with Gasteiger partial charge in [0, 0.05) is 31.7 Å². The second kappa shape index (κ2) is 5.99. The number of carbonyl (C=O) groups is 2. The molecule has 6 heteroatoms. The minimum Gasteiger partial charge on any atom is -0.480 e. The van der Waals surface area contributed by atoms with Crippen molar-refractivity contribution in [2.75, 3.05) is 26.2 Å². The number of piperazine rings is 1. The van der Waals surface area contributed by atoms with Crippen molar-refractivity contribution in [3.63, 3.8) is 0 Å². The summed E-state index contributed by atoms with van der Waals surface area (Å²) in [5, 5.41) is 12.2. The number of aliphatic carboxylic acids is 1. The van der Waals surface area contributed by atoms with Gasteiger partial charge in [-0.05, 0) is 32.6 Å². The van der Waals surface area contributed by atoms with Crippen LogP contribution in [0.25, 0.3) is 0 Å². The smallest absolute Gasteiger partial charge is 0.320 e. The van der Waals surface area contributed by atoms with Crippen molar-refractivity contribution < 1.29 is 14.7 Å². The number of hydrogen-bond acceptors (Lipinski definition) is 3. The number of carboxylic acids is 1. The largest absolute Gasteiger partial charge is 0.480 e. The molecule has 2 N–H and O–H groups in total. The van der Waals surface area contributed by atoms with E-state index in [-0.39, 0.29) is 11.6 Å². The first-order valence-corrected chi connectivity index (χ1v) is 7.51. The first kappa shape index (κ1) is 15.1. The van der Waals surface area contributed by atoms with Crippen molar-refractivity contribution in [3.8, 4) is 0 Å². The summed E-state index contributed by atoms with van der Waals surface area (Å²) in [6.07, 6.45) is 4.32. The van der Waals surface area contributed by atoms with Gasteiger partial charge >= 0.3 is 12.0 Å². The molecule has 0 spiro atoms. The highest BCUT2D eigenvalue weighted by atomic mass is 16.4. The minimum atomic E-state index is -0.803. The standard InChI is InChI=1S/C14H25N3O3/c1-3-14(5-4-6-14)15-13(20)17-9-7-16(8-10-17)11(2)12(18)19/h11H,3-10H2,1-2H3,(H,15,20)(H,18,19). The summed E-state index contributed by atoms with van der Waals surface area (Å²) in [5.74, 6) is -0.803. The Kier molecular flexibility index (Phi) is 4.52. The number of nitrogens with zero attached hydrogens (tertiary/aromatic N) is 2. The first-order valence-electron chi connectivity index (χ1n) is 7.51. The zero-order valence-corrected chi connectivity index (χ0v) is 12.4. The number of hydrogen-bond donors (Lipinski definition) is 2. The molecule has 0 aromatic rings. The maximum atomic E-state index is 12.3. The lowest BCUT2D eigenvalue weighted by Gasteiger charge is -2.44. The maximum absolute atomic E-state index is 12.3. The molecule has 1 aliphatic heterocycles. The monoisotopic (exact) mass is 283 g/mol. The van der Waals surface area contributed by atoms with Crippen LogP contribution in [-0.2, 0) is 4.79 Å². The first-order chi connectivity index (χ1) is 9.47. The Balaban J connectivity index is 1.81. The van der Waals surface area contributed by atoms with Gasteiger partial charge in [0.1, 0.15) is 6.04 Å². The lowest BCUT2D eigenvalue weighted by Crippen LogP contribution is -2.60. The molecule has 2 aliphatic rings. The van der Waals surface area contributed by atoms with Crippen molar-refractivity contribution in [1.82, 2.24) is 15.1 Å². The maximum Gasteiger partial charge on any atom is 0.320 e. The van der Waals surface area contributed by atoms with E-state index in [1.54, 1.807) is 11.8 Å². The number of amides is 2. The van der Waals surface area contributed by atoms with Gasteiger partial charge in [-0.1, -0.05) is 6.92 Å². The molecule has 0 radical (unpaired) electrons. The Bertz CT molecular complexity index is 368. The average molecular weight is 283 g/mol. The van der Waals surface area contributed by atoms with Crippen LogP contribution in [0.1, 0.15) is 39.5 Å². The molecule has 0 aromatic heterocycles. The second-order valence-corrected chi connectivity index (χ2v) is 5.95. The molecule has 1 saturated carbocycles. The van der Waals surface area contributed by atoms with Crippen LogP contribution in [0.2, 0.25) is 0 Å². The Morgan fingerprint density at radius 3 is 2.25 bits per heavy atom. The van der Waals surface area contributed by atoms with Gasteiger partial charge in [0.2, 0.25) is 0 Å². The fourth-order valence-electron chi connectivity index (χ4n) is 2.94. The summed E-state index contributed by atoms with van der Waals surface area (Å²) >= 11 is 0. The number of carbonyl (C=O) groups excluding carboxylic acids is 1. The molecule has 1 saturated heterocycles. The van der Waals surface area contributed by atoms with Crippen molar-refractivity contribution >= 4 is 12.0 Å². The number of urea groups is 1. The van der Waals surface area contributed by atoms with E-state index in [2.05, 4.69) is 12.2 Å². The molecule has 0 aromatic carbocycles. The van der Waals surface area contributed by atoms with Crippen molar-refractivity contribution in [2.24, 2.45) is 0 Å². The van der Waals surface area contributed by atoms with Crippen molar-refractivity contribution in [3.05, 3.63) is 0 Å².